The first-order valence-electron chi connectivity index (χ1n) is 6.96. The number of sulfonamides is 1. The van der Waals surface area contributed by atoms with Gasteiger partial charge in [0, 0.05) is 33.3 Å². The molecule has 2 amide bonds. The molecule has 0 spiro atoms. The molecule has 24 heavy (non-hydrogen) atoms. The van der Waals surface area contributed by atoms with Gasteiger partial charge in [0.05, 0.1) is 11.6 Å². The van der Waals surface area contributed by atoms with E-state index in [1.807, 2.05) is 0 Å². The molecule has 132 valence electrons. The summed E-state index contributed by atoms with van der Waals surface area (Å²) in [7, 11) is 0.755. The molecule has 0 saturated heterocycles. The van der Waals surface area contributed by atoms with Crippen LogP contribution in [0.3, 0.4) is 0 Å². The van der Waals surface area contributed by atoms with Crippen LogP contribution >= 0.6 is 11.6 Å². The maximum Gasteiger partial charge on any atom is 0.254 e. The molecule has 0 unspecified atom stereocenters. The van der Waals surface area contributed by atoms with E-state index in [4.69, 9.17) is 11.6 Å². The second-order valence-corrected chi connectivity index (χ2v) is 7.38. The van der Waals surface area contributed by atoms with Gasteiger partial charge in [-0.2, -0.15) is 0 Å². The number of amides is 2. The predicted molar refractivity (Wildman–Crippen MR) is 92.5 cm³/mol. The third kappa shape index (κ3) is 5.05. The van der Waals surface area contributed by atoms with Gasteiger partial charge in [0.1, 0.15) is 4.90 Å². The molecule has 0 heterocycles. The third-order valence-corrected chi connectivity index (χ3v) is 5.01. The molecule has 0 bridgehead atoms. The summed E-state index contributed by atoms with van der Waals surface area (Å²) in [6.07, 6.45) is 1.39. The Labute approximate surface area is 146 Å². The van der Waals surface area contributed by atoms with Crippen molar-refractivity contribution >= 4 is 33.4 Å². The molecule has 1 aromatic rings. The van der Waals surface area contributed by atoms with Crippen molar-refractivity contribution < 1.29 is 18.0 Å². The van der Waals surface area contributed by atoms with Crippen LogP contribution in [0.5, 0.6) is 0 Å². The first-order chi connectivity index (χ1) is 11.1. The molecule has 1 aromatic carbocycles. The van der Waals surface area contributed by atoms with Crippen LogP contribution in [0.1, 0.15) is 10.4 Å². The summed E-state index contributed by atoms with van der Waals surface area (Å²) in [4.78, 5) is 26.4. The number of nitrogens with zero attached hydrogens (tertiary/aromatic N) is 2. The highest BCUT2D eigenvalue weighted by Crippen LogP contribution is 2.23. The molecule has 0 aliphatic rings. The Hall–Kier alpha value is -1.90. The van der Waals surface area contributed by atoms with Crippen LogP contribution in [0, 0.1) is 0 Å². The van der Waals surface area contributed by atoms with Gasteiger partial charge in [0.2, 0.25) is 15.9 Å². The van der Waals surface area contributed by atoms with Crippen molar-refractivity contribution in [1.82, 2.24) is 14.5 Å². The van der Waals surface area contributed by atoms with E-state index in [1.54, 1.807) is 14.1 Å². The highest BCUT2D eigenvalue weighted by Gasteiger charge is 2.22. The van der Waals surface area contributed by atoms with Crippen LogP contribution in [0.25, 0.3) is 0 Å². The Bertz CT molecular complexity index is 747. The molecule has 1 N–H and O–H groups in total. The fraction of sp³-hybridized carbons (Fsp3) is 0.333. The standard InChI is InChI=1S/C15H20ClN3O4S/c1-5-8-17-24(22,23)13-9-11(6-7-12(13)16)15(21)19(4)10-14(20)18(2)3/h5-7,9,17H,1,8,10H2,2-4H3. The van der Waals surface area contributed by atoms with Crippen LogP contribution < -0.4 is 4.72 Å². The maximum absolute atomic E-state index is 12.4. The minimum Gasteiger partial charge on any atom is -0.347 e. The summed E-state index contributed by atoms with van der Waals surface area (Å²) in [6, 6.07) is 3.93. The zero-order valence-corrected chi connectivity index (χ0v) is 15.3. The monoisotopic (exact) mass is 373 g/mol. The summed E-state index contributed by atoms with van der Waals surface area (Å²) < 4.78 is 26.7. The topological polar surface area (TPSA) is 86.8 Å². The lowest BCUT2D eigenvalue weighted by molar-refractivity contribution is -0.129. The minimum absolute atomic E-state index is 0.00451. The Morgan fingerprint density at radius 2 is 1.92 bits per heavy atom. The van der Waals surface area contributed by atoms with Gasteiger partial charge >= 0.3 is 0 Å². The number of hydrogen-bond donors (Lipinski definition) is 1. The summed E-state index contributed by atoms with van der Waals surface area (Å²) in [5.41, 5.74) is 0.118. The first-order valence-corrected chi connectivity index (χ1v) is 8.82. The first kappa shape index (κ1) is 20.1. The number of hydrogen-bond acceptors (Lipinski definition) is 4. The van der Waals surface area contributed by atoms with Gasteiger partial charge in [-0.1, -0.05) is 17.7 Å². The molecule has 0 aromatic heterocycles. The van der Waals surface area contributed by atoms with Crippen LogP contribution in [-0.4, -0.2) is 64.3 Å². The van der Waals surface area contributed by atoms with E-state index in [2.05, 4.69) is 11.3 Å². The van der Waals surface area contributed by atoms with E-state index >= 15 is 0 Å². The fourth-order valence-corrected chi connectivity index (χ4v) is 3.25. The molecule has 7 nitrogen and oxygen atoms in total. The number of rotatable bonds is 7. The molecule has 0 saturated carbocycles. The minimum atomic E-state index is -3.87. The Morgan fingerprint density at radius 3 is 2.46 bits per heavy atom. The number of carbonyl (C=O) groups is 2. The van der Waals surface area contributed by atoms with E-state index in [1.165, 1.54) is 41.1 Å². The molecule has 0 atom stereocenters. The fourth-order valence-electron chi connectivity index (χ4n) is 1.73. The zero-order valence-electron chi connectivity index (χ0n) is 13.7. The quantitative estimate of drug-likeness (QED) is 0.721. The Balaban J connectivity index is 3.10. The van der Waals surface area contributed by atoms with Crippen LogP contribution in [0.2, 0.25) is 5.02 Å². The van der Waals surface area contributed by atoms with Crippen molar-refractivity contribution in [2.75, 3.05) is 34.2 Å². The van der Waals surface area contributed by atoms with Gasteiger partial charge in [0.25, 0.3) is 5.91 Å². The van der Waals surface area contributed by atoms with E-state index in [9.17, 15) is 18.0 Å². The Kier molecular flexibility index (Phi) is 6.94. The van der Waals surface area contributed by atoms with E-state index < -0.39 is 15.9 Å². The highest BCUT2D eigenvalue weighted by atomic mass is 35.5. The molecule has 1 rings (SSSR count). The van der Waals surface area contributed by atoms with Gasteiger partial charge in [-0.05, 0) is 18.2 Å². The largest absolute Gasteiger partial charge is 0.347 e. The molecule has 0 aliphatic carbocycles. The van der Waals surface area contributed by atoms with Gasteiger partial charge in [-0.3, -0.25) is 9.59 Å². The molecule has 0 radical (unpaired) electrons. The summed E-state index contributed by atoms with van der Waals surface area (Å²) >= 11 is 5.94. The van der Waals surface area contributed by atoms with Crippen molar-refractivity contribution in [3.8, 4) is 0 Å². The van der Waals surface area contributed by atoms with Crippen LogP contribution in [0.15, 0.2) is 35.7 Å². The number of benzene rings is 1. The normalized spacial score (nSPS) is 11.0. The maximum atomic E-state index is 12.4. The number of likely N-dealkylation sites (N-methyl/N-ethyl adjacent to an activating group) is 2. The SMILES string of the molecule is C=CCNS(=O)(=O)c1cc(C(=O)N(C)CC(=O)N(C)C)ccc1Cl. The number of carbonyl (C=O) groups excluding carboxylic acids is 2. The predicted octanol–water partition coefficient (Wildman–Crippen LogP) is 0.965. The molecular formula is C15H20ClN3O4S. The smallest absolute Gasteiger partial charge is 0.254 e. The second-order valence-electron chi connectivity index (χ2n) is 5.24. The van der Waals surface area contributed by atoms with Gasteiger partial charge < -0.3 is 9.80 Å². The number of nitrogens with one attached hydrogen (secondary N) is 1. The molecule has 0 aliphatic heterocycles. The van der Waals surface area contributed by atoms with Crippen LogP contribution in [-0.2, 0) is 14.8 Å². The average Bonchev–Trinajstić information content (AvgIpc) is 2.52. The van der Waals surface area contributed by atoms with E-state index in [0.29, 0.717) is 0 Å². The zero-order chi connectivity index (χ0) is 18.5. The lowest BCUT2D eigenvalue weighted by Gasteiger charge is -2.19. The average molecular weight is 374 g/mol. The summed E-state index contributed by atoms with van der Waals surface area (Å²) in [5.74, 6) is -0.734. The van der Waals surface area contributed by atoms with Gasteiger partial charge in [0.15, 0.2) is 0 Å². The third-order valence-electron chi connectivity index (χ3n) is 3.10. The van der Waals surface area contributed by atoms with Crippen molar-refractivity contribution in [3.63, 3.8) is 0 Å². The lowest BCUT2D eigenvalue weighted by atomic mass is 10.2. The highest BCUT2D eigenvalue weighted by molar-refractivity contribution is 7.89. The Morgan fingerprint density at radius 1 is 1.29 bits per heavy atom. The van der Waals surface area contributed by atoms with Crippen molar-refractivity contribution in [2.45, 2.75) is 4.90 Å². The van der Waals surface area contributed by atoms with Crippen LogP contribution in [0.4, 0.5) is 0 Å². The van der Waals surface area contributed by atoms with E-state index in [0.717, 1.165) is 0 Å². The summed E-state index contributed by atoms with van der Waals surface area (Å²) in [5, 5.41) is -0.00451. The molecular weight excluding hydrogens is 354 g/mol. The second kappa shape index (κ2) is 8.27. The van der Waals surface area contributed by atoms with Crippen molar-refractivity contribution in [2.24, 2.45) is 0 Å². The molecule has 0 fully saturated rings. The van der Waals surface area contributed by atoms with Gasteiger partial charge in [-0.15, -0.1) is 6.58 Å². The van der Waals surface area contributed by atoms with Gasteiger partial charge in [-0.25, -0.2) is 13.1 Å². The number of halogens is 1. The van der Waals surface area contributed by atoms with E-state index in [-0.39, 0.29) is 34.5 Å². The molecule has 9 heteroatoms. The van der Waals surface area contributed by atoms with Crippen molar-refractivity contribution in [1.29, 1.82) is 0 Å². The summed E-state index contributed by atoms with van der Waals surface area (Å²) in [6.45, 7) is 3.35. The van der Waals surface area contributed by atoms with Crippen molar-refractivity contribution in [3.05, 3.63) is 41.4 Å². The lowest BCUT2D eigenvalue weighted by Crippen LogP contribution is -2.37.